The maximum absolute atomic E-state index is 12.3. The summed E-state index contributed by atoms with van der Waals surface area (Å²) >= 11 is 0. The lowest BCUT2D eigenvalue weighted by Crippen LogP contribution is -2.36. The Kier molecular flexibility index (Phi) is 6.35. The molecule has 27 heavy (non-hydrogen) atoms. The van der Waals surface area contributed by atoms with Crippen molar-refractivity contribution in [3.05, 3.63) is 47.8 Å². The minimum atomic E-state index is -0.353. The van der Waals surface area contributed by atoms with Crippen LogP contribution in [0.15, 0.2) is 36.7 Å². The number of anilines is 2. The van der Waals surface area contributed by atoms with Crippen LogP contribution in [-0.2, 0) is 4.74 Å². The summed E-state index contributed by atoms with van der Waals surface area (Å²) in [5.74, 6) is -0.103. The highest BCUT2D eigenvalue weighted by atomic mass is 16.5. The number of benzene rings is 1. The van der Waals surface area contributed by atoms with Crippen molar-refractivity contribution in [2.24, 2.45) is 0 Å². The second-order valence-corrected chi connectivity index (χ2v) is 6.53. The van der Waals surface area contributed by atoms with Crippen LogP contribution in [-0.4, -0.2) is 34.5 Å². The van der Waals surface area contributed by atoms with Gasteiger partial charge in [0, 0.05) is 24.1 Å². The first kappa shape index (κ1) is 18.8. The molecule has 7 heteroatoms. The predicted octanol–water partition coefficient (Wildman–Crippen LogP) is 3.46. The van der Waals surface area contributed by atoms with Crippen molar-refractivity contribution in [1.29, 1.82) is 0 Å². The van der Waals surface area contributed by atoms with Crippen molar-refractivity contribution in [1.82, 2.24) is 15.3 Å². The number of rotatable bonds is 6. The molecule has 0 saturated heterocycles. The Bertz CT molecular complexity index is 769. The van der Waals surface area contributed by atoms with Gasteiger partial charge in [-0.2, -0.15) is 0 Å². The molecule has 1 aliphatic carbocycles. The van der Waals surface area contributed by atoms with E-state index in [1.807, 2.05) is 0 Å². The van der Waals surface area contributed by atoms with Crippen LogP contribution >= 0.6 is 0 Å². The summed E-state index contributed by atoms with van der Waals surface area (Å²) in [7, 11) is 0. The third-order valence-corrected chi connectivity index (χ3v) is 4.51. The lowest BCUT2D eigenvalue weighted by atomic mass is 9.95. The molecule has 1 fully saturated rings. The second-order valence-electron chi connectivity index (χ2n) is 6.53. The number of hydrogen-bond acceptors (Lipinski definition) is 6. The van der Waals surface area contributed by atoms with E-state index in [0.717, 1.165) is 18.5 Å². The fourth-order valence-electron chi connectivity index (χ4n) is 3.06. The van der Waals surface area contributed by atoms with Crippen molar-refractivity contribution in [3.8, 4) is 0 Å². The number of carbonyl (C=O) groups is 2. The third kappa shape index (κ3) is 5.26. The molecule has 1 aromatic carbocycles. The normalized spacial score (nSPS) is 14.4. The van der Waals surface area contributed by atoms with E-state index in [-0.39, 0.29) is 17.9 Å². The Morgan fingerprint density at radius 2 is 1.70 bits per heavy atom. The molecule has 0 bridgehead atoms. The average Bonchev–Trinajstić information content (AvgIpc) is 2.70. The minimum Gasteiger partial charge on any atom is -0.462 e. The van der Waals surface area contributed by atoms with Gasteiger partial charge in [0.05, 0.1) is 17.7 Å². The topological polar surface area (TPSA) is 93.2 Å². The molecule has 7 nitrogen and oxygen atoms in total. The molecule has 0 spiro atoms. The quantitative estimate of drug-likeness (QED) is 0.759. The zero-order chi connectivity index (χ0) is 19.1. The molecule has 3 rings (SSSR count). The lowest BCUT2D eigenvalue weighted by molar-refractivity contribution is 0.0526. The van der Waals surface area contributed by atoms with Crippen molar-refractivity contribution in [2.45, 2.75) is 45.1 Å². The van der Waals surface area contributed by atoms with E-state index in [4.69, 9.17) is 4.74 Å². The van der Waals surface area contributed by atoms with Gasteiger partial charge in [-0.15, -0.1) is 0 Å². The molecule has 1 amide bonds. The molecule has 0 atom stereocenters. The maximum Gasteiger partial charge on any atom is 0.338 e. The van der Waals surface area contributed by atoms with Crippen LogP contribution in [0.2, 0.25) is 0 Å². The summed E-state index contributed by atoms with van der Waals surface area (Å²) in [6.45, 7) is 2.11. The van der Waals surface area contributed by atoms with Gasteiger partial charge in [-0.3, -0.25) is 4.79 Å². The van der Waals surface area contributed by atoms with E-state index in [2.05, 4.69) is 20.6 Å². The molecular weight excluding hydrogens is 344 g/mol. The fraction of sp³-hybridized carbons (Fsp3) is 0.400. The zero-order valence-corrected chi connectivity index (χ0v) is 15.4. The first-order chi connectivity index (χ1) is 13.2. The van der Waals surface area contributed by atoms with Gasteiger partial charge in [0.15, 0.2) is 0 Å². The number of nitrogens with zero attached hydrogens (tertiary/aromatic N) is 2. The van der Waals surface area contributed by atoms with E-state index < -0.39 is 0 Å². The molecule has 1 aromatic heterocycles. The van der Waals surface area contributed by atoms with Crippen molar-refractivity contribution in [3.63, 3.8) is 0 Å². The van der Waals surface area contributed by atoms with Crippen LogP contribution < -0.4 is 10.6 Å². The number of hydrogen-bond donors (Lipinski definition) is 2. The van der Waals surface area contributed by atoms with Crippen LogP contribution in [0.3, 0.4) is 0 Å². The Hall–Kier alpha value is -2.96. The third-order valence-electron chi connectivity index (χ3n) is 4.51. The van der Waals surface area contributed by atoms with Gasteiger partial charge in [0.2, 0.25) is 5.95 Å². The van der Waals surface area contributed by atoms with Crippen molar-refractivity contribution in [2.75, 3.05) is 11.9 Å². The van der Waals surface area contributed by atoms with E-state index in [0.29, 0.717) is 23.7 Å². The molecule has 0 aliphatic heterocycles. The number of carbonyl (C=O) groups excluding carboxylic acids is 2. The van der Waals surface area contributed by atoms with E-state index in [1.54, 1.807) is 31.2 Å². The average molecular weight is 368 g/mol. The first-order valence-corrected chi connectivity index (χ1v) is 9.33. The highest BCUT2D eigenvalue weighted by molar-refractivity contribution is 5.94. The van der Waals surface area contributed by atoms with Crippen LogP contribution in [0, 0.1) is 0 Å². The monoisotopic (exact) mass is 368 g/mol. The zero-order valence-electron chi connectivity index (χ0n) is 15.4. The summed E-state index contributed by atoms with van der Waals surface area (Å²) in [5.41, 5.74) is 1.67. The largest absolute Gasteiger partial charge is 0.462 e. The number of amides is 1. The Morgan fingerprint density at radius 3 is 2.33 bits per heavy atom. The molecule has 0 radical (unpaired) electrons. The van der Waals surface area contributed by atoms with Gasteiger partial charge in [-0.1, -0.05) is 19.3 Å². The Labute approximate surface area is 158 Å². The molecule has 1 heterocycles. The van der Waals surface area contributed by atoms with Crippen LogP contribution in [0.1, 0.15) is 59.7 Å². The van der Waals surface area contributed by atoms with Gasteiger partial charge in [-0.25, -0.2) is 14.8 Å². The van der Waals surface area contributed by atoms with E-state index in [9.17, 15) is 9.59 Å². The van der Waals surface area contributed by atoms with Crippen molar-refractivity contribution >= 4 is 23.5 Å². The molecule has 0 unspecified atom stereocenters. The van der Waals surface area contributed by atoms with Crippen molar-refractivity contribution < 1.29 is 14.3 Å². The second kappa shape index (κ2) is 9.12. The Balaban J connectivity index is 1.57. The minimum absolute atomic E-state index is 0.132. The maximum atomic E-state index is 12.3. The van der Waals surface area contributed by atoms with Gasteiger partial charge in [0.25, 0.3) is 5.91 Å². The van der Waals surface area contributed by atoms with Gasteiger partial charge in [0.1, 0.15) is 0 Å². The Morgan fingerprint density at radius 1 is 1.04 bits per heavy atom. The summed E-state index contributed by atoms with van der Waals surface area (Å²) in [5, 5.41) is 6.09. The standard InChI is InChI=1S/C20H24N4O3/c1-2-27-19(26)14-8-10-17(11-9-14)24-20-21-12-15(13-22-20)18(25)23-16-6-4-3-5-7-16/h8-13,16H,2-7H2,1H3,(H,23,25)(H,21,22,24). The van der Waals surface area contributed by atoms with Gasteiger partial charge >= 0.3 is 5.97 Å². The summed E-state index contributed by atoms with van der Waals surface area (Å²) in [6.07, 6.45) is 8.68. The van der Waals surface area contributed by atoms with E-state index in [1.165, 1.54) is 31.7 Å². The van der Waals surface area contributed by atoms with Crippen LogP contribution in [0.4, 0.5) is 11.6 Å². The van der Waals surface area contributed by atoms with E-state index >= 15 is 0 Å². The number of nitrogens with one attached hydrogen (secondary N) is 2. The predicted molar refractivity (Wildman–Crippen MR) is 102 cm³/mol. The SMILES string of the molecule is CCOC(=O)c1ccc(Nc2ncc(C(=O)NC3CCCCC3)cn2)cc1. The van der Waals surface area contributed by atoms with Crippen LogP contribution in [0.5, 0.6) is 0 Å². The molecular formula is C20H24N4O3. The summed E-state index contributed by atoms with van der Waals surface area (Å²) < 4.78 is 4.95. The molecule has 1 saturated carbocycles. The highest BCUT2D eigenvalue weighted by Crippen LogP contribution is 2.18. The first-order valence-electron chi connectivity index (χ1n) is 9.33. The summed E-state index contributed by atoms with van der Waals surface area (Å²) in [4.78, 5) is 32.3. The molecule has 142 valence electrons. The van der Waals surface area contributed by atoms with Gasteiger partial charge < -0.3 is 15.4 Å². The number of ether oxygens (including phenoxy) is 1. The number of aromatic nitrogens is 2. The highest BCUT2D eigenvalue weighted by Gasteiger charge is 2.17. The van der Waals surface area contributed by atoms with Crippen LogP contribution in [0.25, 0.3) is 0 Å². The number of esters is 1. The van der Waals surface area contributed by atoms with Gasteiger partial charge in [-0.05, 0) is 44.0 Å². The fourth-order valence-corrected chi connectivity index (χ4v) is 3.06. The molecule has 2 aromatic rings. The molecule has 1 aliphatic rings. The summed E-state index contributed by atoms with van der Waals surface area (Å²) in [6, 6.07) is 7.10. The molecule has 2 N–H and O–H groups in total. The smallest absolute Gasteiger partial charge is 0.338 e. The lowest BCUT2D eigenvalue weighted by Gasteiger charge is -2.22.